The first-order chi connectivity index (χ1) is 7.41. The van der Waals surface area contributed by atoms with Crippen molar-refractivity contribution in [2.75, 3.05) is 13.2 Å². The molecule has 0 rings (SSSR count). The maximum absolute atomic E-state index is 5.73. The van der Waals surface area contributed by atoms with Crippen molar-refractivity contribution in [3.63, 3.8) is 0 Å². The normalized spacial score (nSPS) is 14.1. The molecule has 1 N–H and O–H groups in total. The highest BCUT2D eigenvalue weighted by atomic mass is 16.5. The second-order valence-electron chi connectivity index (χ2n) is 5.78. The zero-order valence-corrected chi connectivity index (χ0v) is 12.0. The highest BCUT2D eigenvalue weighted by Crippen LogP contribution is 2.13. The largest absolute Gasteiger partial charge is 0.378 e. The van der Waals surface area contributed by atoms with Crippen LogP contribution >= 0.6 is 0 Å². The highest BCUT2D eigenvalue weighted by molar-refractivity contribution is 4.65. The Bertz CT molecular complexity index is 126. The van der Waals surface area contributed by atoms with E-state index >= 15 is 0 Å². The molecule has 2 nitrogen and oxygen atoms in total. The molecule has 0 aromatic heterocycles. The van der Waals surface area contributed by atoms with Gasteiger partial charge in [-0.15, -0.1) is 0 Å². The van der Waals surface area contributed by atoms with Crippen LogP contribution in [0.15, 0.2) is 0 Å². The van der Waals surface area contributed by atoms with E-state index in [2.05, 4.69) is 46.9 Å². The van der Waals surface area contributed by atoms with Crippen molar-refractivity contribution in [1.29, 1.82) is 0 Å². The van der Waals surface area contributed by atoms with Crippen molar-refractivity contribution in [1.82, 2.24) is 5.32 Å². The molecule has 0 aromatic rings. The van der Waals surface area contributed by atoms with Gasteiger partial charge in [-0.2, -0.15) is 0 Å². The standard InChI is InChI=1S/C14H31NO/c1-11(2)7-8-14(9-15-12(3)4)10-16-13(5)6/h11-15H,7-10H2,1-6H3. The van der Waals surface area contributed by atoms with Gasteiger partial charge in [-0.05, 0) is 32.1 Å². The number of hydrogen-bond acceptors (Lipinski definition) is 2. The third-order valence-electron chi connectivity index (χ3n) is 2.63. The molecule has 0 bridgehead atoms. The molecule has 1 atom stereocenters. The zero-order chi connectivity index (χ0) is 12.6. The quantitative estimate of drug-likeness (QED) is 0.654. The van der Waals surface area contributed by atoms with E-state index in [-0.39, 0.29) is 0 Å². The summed E-state index contributed by atoms with van der Waals surface area (Å²) in [6.07, 6.45) is 2.91. The van der Waals surface area contributed by atoms with E-state index in [4.69, 9.17) is 4.74 Å². The van der Waals surface area contributed by atoms with Gasteiger partial charge in [0, 0.05) is 12.6 Å². The van der Waals surface area contributed by atoms with Crippen molar-refractivity contribution < 1.29 is 4.74 Å². The molecule has 98 valence electrons. The van der Waals surface area contributed by atoms with E-state index in [1.807, 2.05) is 0 Å². The summed E-state index contributed by atoms with van der Waals surface area (Å²) < 4.78 is 5.73. The predicted molar refractivity (Wildman–Crippen MR) is 71.8 cm³/mol. The SMILES string of the molecule is CC(C)CCC(CNC(C)C)COC(C)C. The molecule has 0 amide bonds. The van der Waals surface area contributed by atoms with Crippen LogP contribution in [-0.4, -0.2) is 25.3 Å². The fourth-order valence-corrected chi connectivity index (χ4v) is 1.54. The molecular formula is C14H31NO. The van der Waals surface area contributed by atoms with Crippen LogP contribution in [0.4, 0.5) is 0 Å². The lowest BCUT2D eigenvalue weighted by Crippen LogP contribution is -2.31. The number of hydrogen-bond donors (Lipinski definition) is 1. The molecular weight excluding hydrogens is 198 g/mol. The van der Waals surface area contributed by atoms with Crippen LogP contribution in [0.2, 0.25) is 0 Å². The topological polar surface area (TPSA) is 21.3 Å². The summed E-state index contributed by atoms with van der Waals surface area (Å²) in [6, 6.07) is 0.570. The lowest BCUT2D eigenvalue weighted by molar-refractivity contribution is 0.0471. The molecule has 0 spiro atoms. The van der Waals surface area contributed by atoms with E-state index < -0.39 is 0 Å². The van der Waals surface area contributed by atoms with Gasteiger partial charge >= 0.3 is 0 Å². The van der Waals surface area contributed by atoms with Crippen LogP contribution in [0.25, 0.3) is 0 Å². The first-order valence-electron chi connectivity index (χ1n) is 6.76. The summed E-state index contributed by atoms with van der Waals surface area (Å²) in [5.41, 5.74) is 0. The Labute approximate surface area is 102 Å². The minimum atomic E-state index is 0.348. The fraction of sp³-hybridized carbons (Fsp3) is 1.00. The number of nitrogens with one attached hydrogen (secondary N) is 1. The summed E-state index contributed by atoms with van der Waals surface area (Å²) in [7, 11) is 0. The average Bonchev–Trinajstić information content (AvgIpc) is 2.15. The molecule has 0 aliphatic carbocycles. The van der Waals surface area contributed by atoms with Gasteiger partial charge in [-0.25, -0.2) is 0 Å². The van der Waals surface area contributed by atoms with E-state index in [0.29, 0.717) is 18.1 Å². The Morgan fingerprint density at radius 1 is 0.938 bits per heavy atom. The Morgan fingerprint density at radius 3 is 2.00 bits per heavy atom. The second-order valence-corrected chi connectivity index (χ2v) is 5.78. The van der Waals surface area contributed by atoms with Gasteiger partial charge < -0.3 is 10.1 Å². The van der Waals surface area contributed by atoms with Gasteiger partial charge in [0.15, 0.2) is 0 Å². The molecule has 0 aromatic carbocycles. The Hall–Kier alpha value is -0.0800. The monoisotopic (exact) mass is 229 g/mol. The lowest BCUT2D eigenvalue weighted by atomic mass is 9.98. The van der Waals surface area contributed by atoms with Crippen LogP contribution in [0.5, 0.6) is 0 Å². The molecule has 0 fully saturated rings. The molecule has 16 heavy (non-hydrogen) atoms. The van der Waals surface area contributed by atoms with Gasteiger partial charge in [0.25, 0.3) is 0 Å². The second kappa shape index (κ2) is 9.00. The van der Waals surface area contributed by atoms with Gasteiger partial charge in [-0.1, -0.05) is 34.1 Å². The van der Waals surface area contributed by atoms with Gasteiger partial charge in [0.05, 0.1) is 12.7 Å². The third-order valence-corrected chi connectivity index (χ3v) is 2.63. The van der Waals surface area contributed by atoms with E-state index in [1.54, 1.807) is 0 Å². The summed E-state index contributed by atoms with van der Waals surface area (Å²) in [4.78, 5) is 0. The van der Waals surface area contributed by atoms with Gasteiger partial charge in [0.1, 0.15) is 0 Å². The van der Waals surface area contributed by atoms with Crippen molar-refractivity contribution in [3.8, 4) is 0 Å². The van der Waals surface area contributed by atoms with Crippen LogP contribution in [-0.2, 0) is 4.74 Å². The summed E-state index contributed by atoms with van der Waals surface area (Å²) in [5, 5.41) is 3.51. The molecule has 0 saturated heterocycles. The summed E-state index contributed by atoms with van der Waals surface area (Å²) in [6.45, 7) is 15.2. The first kappa shape index (κ1) is 15.9. The Kier molecular flexibility index (Phi) is 8.96. The molecule has 0 heterocycles. The van der Waals surface area contributed by atoms with Gasteiger partial charge in [0.2, 0.25) is 0 Å². The Balaban J connectivity index is 3.85. The highest BCUT2D eigenvalue weighted by Gasteiger charge is 2.11. The summed E-state index contributed by atoms with van der Waals surface area (Å²) >= 11 is 0. The zero-order valence-electron chi connectivity index (χ0n) is 12.0. The maximum atomic E-state index is 5.73. The van der Waals surface area contributed by atoms with Crippen molar-refractivity contribution in [2.24, 2.45) is 11.8 Å². The minimum Gasteiger partial charge on any atom is -0.378 e. The van der Waals surface area contributed by atoms with Gasteiger partial charge in [-0.3, -0.25) is 0 Å². The molecule has 0 radical (unpaired) electrons. The molecule has 0 saturated carbocycles. The Morgan fingerprint density at radius 2 is 1.56 bits per heavy atom. The van der Waals surface area contributed by atoms with Crippen LogP contribution < -0.4 is 5.32 Å². The molecule has 2 heteroatoms. The van der Waals surface area contributed by atoms with Crippen molar-refractivity contribution in [3.05, 3.63) is 0 Å². The van der Waals surface area contributed by atoms with E-state index in [9.17, 15) is 0 Å². The maximum Gasteiger partial charge on any atom is 0.0519 e. The van der Waals surface area contributed by atoms with Crippen molar-refractivity contribution in [2.45, 2.75) is 66.5 Å². The number of ether oxygens (including phenoxy) is 1. The minimum absolute atomic E-state index is 0.348. The lowest BCUT2D eigenvalue weighted by Gasteiger charge is -2.21. The van der Waals surface area contributed by atoms with Crippen LogP contribution in [0.3, 0.4) is 0 Å². The van der Waals surface area contributed by atoms with Crippen LogP contribution in [0, 0.1) is 11.8 Å². The van der Waals surface area contributed by atoms with Crippen molar-refractivity contribution >= 4 is 0 Å². The van der Waals surface area contributed by atoms with E-state index in [1.165, 1.54) is 12.8 Å². The third kappa shape index (κ3) is 10.4. The average molecular weight is 229 g/mol. The predicted octanol–water partition coefficient (Wildman–Crippen LogP) is 3.46. The molecule has 1 unspecified atom stereocenters. The number of rotatable bonds is 9. The molecule has 0 aliphatic rings. The van der Waals surface area contributed by atoms with E-state index in [0.717, 1.165) is 19.1 Å². The van der Waals surface area contributed by atoms with Crippen LogP contribution in [0.1, 0.15) is 54.4 Å². The fourth-order valence-electron chi connectivity index (χ4n) is 1.54. The summed E-state index contributed by atoms with van der Waals surface area (Å²) in [5.74, 6) is 1.45. The first-order valence-corrected chi connectivity index (χ1v) is 6.76. The molecule has 0 aliphatic heterocycles. The smallest absolute Gasteiger partial charge is 0.0519 e.